The minimum absolute atomic E-state index is 0.178. The molecule has 0 aliphatic rings. The van der Waals surface area contributed by atoms with Gasteiger partial charge in [-0.3, -0.25) is 4.98 Å². The SMILES string of the molecule is NCCc1cn(S(=O)(=O)c2ccc(Cl)cc2)c2cnccc12. The first kappa shape index (κ1) is 15.0. The molecule has 0 amide bonds. The molecule has 0 fully saturated rings. The molecule has 2 aromatic heterocycles. The molecule has 3 aromatic rings. The van der Waals surface area contributed by atoms with Crippen molar-refractivity contribution < 1.29 is 8.42 Å². The van der Waals surface area contributed by atoms with E-state index >= 15 is 0 Å². The van der Waals surface area contributed by atoms with E-state index in [1.54, 1.807) is 36.8 Å². The van der Waals surface area contributed by atoms with Crippen molar-refractivity contribution >= 4 is 32.5 Å². The lowest BCUT2D eigenvalue weighted by Gasteiger charge is -2.07. The molecule has 3 rings (SSSR count). The van der Waals surface area contributed by atoms with E-state index in [-0.39, 0.29) is 4.90 Å². The number of halogens is 1. The minimum atomic E-state index is -3.70. The maximum Gasteiger partial charge on any atom is 0.268 e. The molecule has 2 N–H and O–H groups in total. The van der Waals surface area contributed by atoms with Gasteiger partial charge in [0.2, 0.25) is 0 Å². The maximum absolute atomic E-state index is 12.8. The summed E-state index contributed by atoms with van der Waals surface area (Å²) >= 11 is 5.82. The molecule has 1 aromatic carbocycles. The van der Waals surface area contributed by atoms with Gasteiger partial charge in [-0.25, -0.2) is 12.4 Å². The van der Waals surface area contributed by atoms with Gasteiger partial charge in [0.1, 0.15) is 0 Å². The summed E-state index contributed by atoms with van der Waals surface area (Å²) in [5.74, 6) is 0. The second kappa shape index (κ2) is 5.72. The Bertz CT molecular complexity index is 918. The Morgan fingerprint density at radius 2 is 1.91 bits per heavy atom. The average molecular weight is 336 g/mol. The fourth-order valence-electron chi connectivity index (χ4n) is 2.39. The average Bonchev–Trinajstić information content (AvgIpc) is 2.88. The fourth-order valence-corrected chi connectivity index (χ4v) is 3.89. The van der Waals surface area contributed by atoms with Crippen LogP contribution in [0.5, 0.6) is 0 Å². The van der Waals surface area contributed by atoms with E-state index in [9.17, 15) is 8.42 Å². The lowest BCUT2D eigenvalue weighted by atomic mass is 10.1. The Labute approximate surface area is 133 Å². The molecule has 0 aliphatic carbocycles. The van der Waals surface area contributed by atoms with Crippen molar-refractivity contribution in [1.29, 1.82) is 0 Å². The van der Waals surface area contributed by atoms with Gasteiger partial charge < -0.3 is 5.73 Å². The zero-order chi connectivity index (χ0) is 15.7. The molecular weight excluding hydrogens is 322 g/mol. The first-order chi connectivity index (χ1) is 10.5. The van der Waals surface area contributed by atoms with Crippen molar-refractivity contribution in [2.75, 3.05) is 6.54 Å². The Kier molecular flexibility index (Phi) is 3.90. The Hall–Kier alpha value is -1.89. The molecule has 7 heteroatoms. The van der Waals surface area contributed by atoms with Gasteiger partial charge in [-0.05, 0) is 48.9 Å². The lowest BCUT2D eigenvalue weighted by Crippen LogP contribution is -2.12. The van der Waals surface area contributed by atoms with Crippen LogP contribution >= 0.6 is 11.6 Å². The molecule has 2 heterocycles. The van der Waals surface area contributed by atoms with Crippen molar-refractivity contribution in [3.05, 3.63) is 59.5 Å². The topological polar surface area (TPSA) is 78.0 Å². The van der Waals surface area contributed by atoms with E-state index in [1.165, 1.54) is 16.1 Å². The number of pyridine rings is 1. The quantitative estimate of drug-likeness (QED) is 0.794. The first-order valence-corrected chi connectivity index (χ1v) is 8.51. The van der Waals surface area contributed by atoms with E-state index in [1.807, 2.05) is 0 Å². The lowest BCUT2D eigenvalue weighted by molar-refractivity contribution is 0.589. The summed E-state index contributed by atoms with van der Waals surface area (Å²) in [4.78, 5) is 4.21. The monoisotopic (exact) mass is 335 g/mol. The number of hydrogen-bond acceptors (Lipinski definition) is 4. The largest absolute Gasteiger partial charge is 0.330 e. The van der Waals surface area contributed by atoms with Crippen LogP contribution in [0, 0.1) is 0 Å². The Morgan fingerprint density at radius 3 is 2.59 bits per heavy atom. The molecule has 0 saturated heterocycles. The highest BCUT2D eigenvalue weighted by Gasteiger charge is 2.21. The van der Waals surface area contributed by atoms with Crippen molar-refractivity contribution in [2.24, 2.45) is 5.73 Å². The molecule has 22 heavy (non-hydrogen) atoms. The molecule has 114 valence electrons. The normalized spacial score (nSPS) is 11.9. The summed E-state index contributed by atoms with van der Waals surface area (Å²) in [7, 11) is -3.70. The van der Waals surface area contributed by atoms with Crippen LogP contribution in [0.25, 0.3) is 10.9 Å². The molecular formula is C15H14ClN3O2S. The summed E-state index contributed by atoms with van der Waals surface area (Å²) in [5.41, 5.74) is 7.04. The Morgan fingerprint density at radius 1 is 1.18 bits per heavy atom. The fraction of sp³-hybridized carbons (Fsp3) is 0.133. The summed E-state index contributed by atoms with van der Waals surface area (Å²) < 4.78 is 26.9. The summed E-state index contributed by atoms with van der Waals surface area (Å²) in [6, 6.07) is 7.89. The highest BCUT2D eigenvalue weighted by molar-refractivity contribution is 7.90. The number of hydrogen-bond donors (Lipinski definition) is 1. The molecule has 0 unspecified atom stereocenters. The standard InChI is InChI=1S/C15H14ClN3O2S/c16-12-1-3-13(4-2-12)22(20,21)19-10-11(5-7-17)14-6-8-18-9-15(14)19/h1-4,6,8-10H,5,7,17H2. The van der Waals surface area contributed by atoms with Gasteiger partial charge in [0.05, 0.1) is 16.6 Å². The smallest absolute Gasteiger partial charge is 0.268 e. The highest BCUT2D eigenvalue weighted by atomic mass is 35.5. The van der Waals surface area contributed by atoms with E-state index < -0.39 is 10.0 Å². The second-order valence-electron chi connectivity index (χ2n) is 4.84. The predicted molar refractivity (Wildman–Crippen MR) is 86.5 cm³/mol. The van der Waals surface area contributed by atoms with Crippen LogP contribution in [0.15, 0.2) is 53.8 Å². The van der Waals surface area contributed by atoms with Crippen molar-refractivity contribution in [3.8, 4) is 0 Å². The summed E-state index contributed by atoms with van der Waals surface area (Å²) in [6.45, 7) is 0.447. The number of rotatable bonds is 4. The van der Waals surface area contributed by atoms with Crippen LogP contribution in [0.4, 0.5) is 0 Å². The van der Waals surface area contributed by atoms with E-state index in [4.69, 9.17) is 17.3 Å². The van der Waals surface area contributed by atoms with Gasteiger partial charge >= 0.3 is 0 Å². The van der Waals surface area contributed by atoms with Crippen LogP contribution in [0.3, 0.4) is 0 Å². The van der Waals surface area contributed by atoms with Crippen LogP contribution < -0.4 is 5.73 Å². The maximum atomic E-state index is 12.8. The zero-order valence-corrected chi connectivity index (χ0v) is 13.2. The Balaban J connectivity index is 2.23. The molecule has 0 atom stereocenters. The zero-order valence-electron chi connectivity index (χ0n) is 11.6. The third-order valence-corrected chi connectivity index (χ3v) is 5.38. The molecule has 0 radical (unpaired) electrons. The van der Waals surface area contributed by atoms with Crippen LogP contribution in [-0.2, 0) is 16.4 Å². The van der Waals surface area contributed by atoms with Crippen molar-refractivity contribution in [3.63, 3.8) is 0 Å². The molecule has 0 saturated carbocycles. The van der Waals surface area contributed by atoms with E-state index in [0.29, 0.717) is 23.5 Å². The van der Waals surface area contributed by atoms with Gasteiger partial charge in [-0.1, -0.05) is 11.6 Å². The van der Waals surface area contributed by atoms with Crippen LogP contribution in [-0.4, -0.2) is 23.9 Å². The van der Waals surface area contributed by atoms with Gasteiger partial charge in [0.25, 0.3) is 10.0 Å². The third kappa shape index (κ3) is 2.49. The number of aromatic nitrogens is 2. The summed E-state index contributed by atoms with van der Waals surface area (Å²) in [5, 5.41) is 1.33. The number of fused-ring (bicyclic) bond motifs is 1. The third-order valence-electron chi connectivity index (χ3n) is 3.44. The van der Waals surface area contributed by atoms with Crippen molar-refractivity contribution in [1.82, 2.24) is 8.96 Å². The number of nitrogens with zero attached hydrogens (tertiary/aromatic N) is 2. The van der Waals surface area contributed by atoms with Gasteiger partial charge in [-0.2, -0.15) is 0 Å². The number of nitrogens with two attached hydrogens (primary N) is 1. The van der Waals surface area contributed by atoms with E-state index in [0.717, 1.165) is 10.9 Å². The molecule has 0 spiro atoms. The first-order valence-electron chi connectivity index (χ1n) is 6.69. The molecule has 5 nitrogen and oxygen atoms in total. The van der Waals surface area contributed by atoms with Gasteiger partial charge in [-0.15, -0.1) is 0 Å². The van der Waals surface area contributed by atoms with Gasteiger partial charge in [0.15, 0.2) is 0 Å². The second-order valence-corrected chi connectivity index (χ2v) is 7.09. The summed E-state index contributed by atoms with van der Waals surface area (Å²) in [6.07, 6.45) is 5.40. The minimum Gasteiger partial charge on any atom is -0.330 e. The van der Waals surface area contributed by atoms with Crippen LogP contribution in [0.2, 0.25) is 5.02 Å². The highest BCUT2D eigenvalue weighted by Crippen LogP contribution is 2.26. The molecule has 0 bridgehead atoms. The predicted octanol–water partition coefficient (Wildman–Crippen LogP) is 2.43. The molecule has 0 aliphatic heterocycles. The van der Waals surface area contributed by atoms with Crippen molar-refractivity contribution in [2.45, 2.75) is 11.3 Å². The van der Waals surface area contributed by atoms with E-state index in [2.05, 4.69) is 4.98 Å². The van der Waals surface area contributed by atoms with Gasteiger partial charge in [0, 0.05) is 22.8 Å². The van der Waals surface area contributed by atoms with Crippen LogP contribution in [0.1, 0.15) is 5.56 Å². The number of benzene rings is 1.